The first-order chi connectivity index (χ1) is 13.6. The summed E-state index contributed by atoms with van der Waals surface area (Å²) in [6, 6.07) is 12.7. The highest BCUT2D eigenvalue weighted by atomic mass is 32.1. The van der Waals surface area contributed by atoms with Crippen LogP contribution in [0.3, 0.4) is 0 Å². The highest BCUT2D eigenvalue weighted by Crippen LogP contribution is 2.39. The van der Waals surface area contributed by atoms with Gasteiger partial charge in [-0.1, -0.05) is 6.07 Å². The number of amides is 1. The normalized spacial score (nSPS) is 13.1. The highest BCUT2D eigenvalue weighted by molar-refractivity contribution is 7.16. The number of ether oxygens (including phenoxy) is 1. The van der Waals surface area contributed by atoms with E-state index >= 15 is 0 Å². The Morgan fingerprint density at radius 1 is 1.14 bits per heavy atom. The SMILES string of the molecule is Cc1cc(-c2nc3c(cc2-c2ccc4ncsc4c2)NC(=O)CO3)ccc1F. The fourth-order valence-corrected chi connectivity index (χ4v) is 3.99. The number of fused-ring (bicyclic) bond motifs is 2. The first-order valence-corrected chi connectivity index (χ1v) is 9.54. The van der Waals surface area contributed by atoms with Gasteiger partial charge in [0.15, 0.2) is 6.61 Å². The molecule has 0 bridgehead atoms. The Hall–Kier alpha value is -3.32. The van der Waals surface area contributed by atoms with E-state index in [9.17, 15) is 9.18 Å². The third-order valence-electron chi connectivity index (χ3n) is 4.68. The van der Waals surface area contributed by atoms with Gasteiger partial charge in [-0.05, 0) is 54.4 Å². The zero-order chi connectivity index (χ0) is 19.3. The molecule has 0 saturated carbocycles. The molecule has 0 fully saturated rings. The van der Waals surface area contributed by atoms with Crippen LogP contribution in [0.2, 0.25) is 0 Å². The maximum Gasteiger partial charge on any atom is 0.262 e. The molecule has 0 spiro atoms. The Morgan fingerprint density at radius 2 is 2.00 bits per heavy atom. The van der Waals surface area contributed by atoms with Crippen LogP contribution in [0.5, 0.6) is 5.88 Å². The zero-order valence-electron chi connectivity index (χ0n) is 14.8. The zero-order valence-corrected chi connectivity index (χ0v) is 15.6. The number of anilines is 1. The largest absolute Gasteiger partial charge is 0.466 e. The molecule has 0 radical (unpaired) electrons. The van der Waals surface area contributed by atoms with Crippen molar-refractivity contribution in [3.8, 4) is 28.3 Å². The molecule has 138 valence electrons. The van der Waals surface area contributed by atoms with Crippen LogP contribution in [0, 0.1) is 12.7 Å². The number of halogens is 1. The number of nitrogens with zero attached hydrogens (tertiary/aromatic N) is 2. The molecule has 4 aromatic rings. The lowest BCUT2D eigenvalue weighted by atomic mass is 9.97. The fourth-order valence-electron chi connectivity index (χ4n) is 3.27. The summed E-state index contributed by atoms with van der Waals surface area (Å²) in [5, 5.41) is 2.81. The Morgan fingerprint density at radius 3 is 2.86 bits per heavy atom. The van der Waals surface area contributed by atoms with Gasteiger partial charge in [-0.15, -0.1) is 11.3 Å². The molecule has 0 aliphatic carbocycles. The average Bonchev–Trinajstić information content (AvgIpc) is 3.17. The fraction of sp³-hybridized carbons (Fsp3) is 0.0952. The van der Waals surface area contributed by atoms with E-state index in [4.69, 9.17) is 4.74 Å². The molecule has 5 rings (SSSR count). The van der Waals surface area contributed by atoms with E-state index in [1.54, 1.807) is 35.9 Å². The van der Waals surface area contributed by atoms with Crippen LogP contribution in [0.1, 0.15) is 5.56 Å². The maximum absolute atomic E-state index is 13.8. The quantitative estimate of drug-likeness (QED) is 0.533. The molecule has 0 unspecified atom stereocenters. The number of hydrogen-bond donors (Lipinski definition) is 1. The highest BCUT2D eigenvalue weighted by Gasteiger charge is 2.22. The molecule has 5 nitrogen and oxygen atoms in total. The lowest BCUT2D eigenvalue weighted by molar-refractivity contribution is -0.118. The third kappa shape index (κ3) is 2.80. The summed E-state index contributed by atoms with van der Waals surface area (Å²) in [4.78, 5) is 20.7. The predicted octanol–water partition coefficient (Wildman–Crippen LogP) is 4.80. The van der Waals surface area contributed by atoms with Crippen LogP contribution >= 0.6 is 11.3 Å². The lowest BCUT2D eigenvalue weighted by Crippen LogP contribution is -2.26. The summed E-state index contributed by atoms with van der Waals surface area (Å²) < 4.78 is 20.3. The van der Waals surface area contributed by atoms with E-state index in [-0.39, 0.29) is 18.3 Å². The van der Waals surface area contributed by atoms with E-state index in [0.717, 1.165) is 26.9 Å². The maximum atomic E-state index is 13.8. The van der Waals surface area contributed by atoms with Gasteiger partial charge < -0.3 is 10.1 Å². The number of hydrogen-bond acceptors (Lipinski definition) is 5. The third-order valence-corrected chi connectivity index (χ3v) is 5.47. The number of aromatic nitrogens is 2. The second-order valence-corrected chi connectivity index (χ2v) is 7.46. The summed E-state index contributed by atoms with van der Waals surface area (Å²) in [5.41, 5.74) is 7.00. The van der Waals surface area contributed by atoms with Crippen LogP contribution in [0.15, 0.2) is 48.0 Å². The van der Waals surface area contributed by atoms with Crippen LogP contribution in [0.4, 0.5) is 10.1 Å². The van der Waals surface area contributed by atoms with Gasteiger partial charge in [0.05, 0.1) is 21.4 Å². The number of carbonyl (C=O) groups excluding carboxylic acids is 1. The van der Waals surface area contributed by atoms with Gasteiger partial charge in [0.25, 0.3) is 5.91 Å². The number of pyridine rings is 1. The minimum atomic E-state index is -0.266. The number of rotatable bonds is 2. The van der Waals surface area contributed by atoms with Gasteiger partial charge in [-0.25, -0.2) is 14.4 Å². The Bertz CT molecular complexity index is 1250. The molecule has 2 aromatic carbocycles. The summed E-state index contributed by atoms with van der Waals surface area (Å²) in [6.45, 7) is 1.64. The van der Waals surface area contributed by atoms with Crippen molar-refractivity contribution >= 4 is 33.1 Å². The van der Waals surface area contributed by atoms with Gasteiger partial charge in [0.2, 0.25) is 5.88 Å². The molecule has 0 atom stereocenters. The van der Waals surface area contributed by atoms with E-state index in [0.29, 0.717) is 22.8 Å². The molecular formula is C21H14FN3O2S. The van der Waals surface area contributed by atoms with Crippen molar-refractivity contribution in [2.45, 2.75) is 6.92 Å². The second kappa shape index (κ2) is 6.38. The van der Waals surface area contributed by atoms with Crippen molar-refractivity contribution in [1.82, 2.24) is 9.97 Å². The number of benzene rings is 2. The molecule has 0 saturated heterocycles. The molecular weight excluding hydrogens is 377 g/mol. The lowest BCUT2D eigenvalue weighted by Gasteiger charge is -2.20. The molecule has 1 aliphatic heterocycles. The van der Waals surface area contributed by atoms with Crippen molar-refractivity contribution in [2.24, 2.45) is 0 Å². The standard InChI is InChI=1S/C21H14FN3O2S/c1-11-6-13(2-4-15(11)22)20-14(8-17-21(25-20)27-9-19(26)24-17)12-3-5-16-18(7-12)28-10-23-16/h2-8,10H,9H2,1H3,(H,24,26). The number of nitrogens with one attached hydrogen (secondary N) is 1. The predicted molar refractivity (Wildman–Crippen MR) is 107 cm³/mol. The smallest absolute Gasteiger partial charge is 0.262 e. The van der Waals surface area contributed by atoms with E-state index in [1.807, 2.05) is 24.3 Å². The molecule has 1 amide bonds. The minimum Gasteiger partial charge on any atom is -0.466 e. The number of thiazole rings is 1. The Kier molecular flexibility index (Phi) is 3.84. The summed E-state index contributed by atoms with van der Waals surface area (Å²) >= 11 is 1.56. The van der Waals surface area contributed by atoms with Gasteiger partial charge in [0.1, 0.15) is 11.5 Å². The Labute approximate surface area is 163 Å². The van der Waals surface area contributed by atoms with E-state index < -0.39 is 0 Å². The van der Waals surface area contributed by atoms with Crippen LogP contribution in [-0.4, -0.2) is 22.5 Å². The van der Waals surface area contributed by atoms with Crippen molar-refractivity contribution in [3.63, 3.8) is 0 Å². The minimum absolute atomic E-state index is 0.0753. The average molecular weight is 391 g/mol. The Balaban J connectivity index is 1.76. The molecule has 7 heteroatoms. The monoisotopic (exact) mass is 391 g/mol. The van der Waals surface area contributed by atoms with Crippen LogP contribution in [0.25, 0.3) is 32.6 Å². The summed E-state index contributed by atoms with van der Waals surface area (Å²) in [7, 11) is 0. The summed E-state index contributed by atoms with van der Waals surface area (Å²) in [6.07, 6.45) is 0. The van der Waals surface area contributed by atoms with Crippen molar-refractivity contribution in [3.05, 3.63) is 59.4 Å². The van der Waals surface area contributed by atoms with Crippen LogP contribution < -0.4 is 10.1 Å². The van der Waals surface area contributed by atoms with E-state index in [1.165, 1.54) is 6.07 Å². The van der Waals surface area contributed by atoms with Gasteiger partial charge in [-0.3, -0.25) is 4.79 Å². The second-order valence-electron chi connectivity index (χ2n) is 6.57. The van der Waals surface area contributed by atoms with Gasteiger partial charge in [0, 0.05) is 11.1 Å². The van der Waals surface area contributed by atoms with Gasteiger partial charge >= 0.3 is 0 Å². The van der Waals surface area contributed by atoms with E-state index in [2.05, 4.69) is 15.3 Å². The number of aryl methyl sites for hydroxylation is 1. The van der Waals surface area contributed by atoms with Gasteiger partial charge in [-0.2, -0.15) is 0 Å². The molecule has 28 heavy (non-hydrogen) atoms. The molecule has 1 N–H and O–H groups in total. The first-order valence-electron chi connectivity index (χ1n) is 8.66. The number of carbonyl (C=O) groups is 1. The summed E-state index contributed by atoms with van der Waals surface area (Å²) in [5.74, 6) is -0.124. The molecule has 1 aliphatic rings. The van der Waals surface area contributed by atoms with Crippen molar-refractivity contribution in [1.29, 1.82) is 0 Å². The molecule has 2 aromatic heterocycles. The first kappa shape index (κ1) is 16.8. The topological polar surface area (TPSA) is 64.1 Å². The van der Waals surface area contributed by atoms with Crippen molar-refractivity contribution in [2.75, 3.05) is 11.9 Å². The van der Waals surface area contributed by atoms with Crippen LogP contribution in [-0.2, 0) is 4.79 Å². The van der Waals surface area contributed by atoms with Crippen molar-refractivity contribution < 1.29 is 13.9 Å². The molecule has 3 heterocycles.